The maximum absolute atomic E-state index is 13.6. The van der Waals surface area contributed by atoms with Crippen LogP contribution in [0.5, 0.6) is 11.5 Å². The molecule has 0 fully saturated rings. The molecule has 0 atom stereocenters. The van der Waals surface area contributed by atoms with Gasteiger partial charge in [-0.05, 0) is 36.8 Å². The second-order valence-corrected chi connectivity index (χ2v) is 4.83. The monoisotopic (exact) mass is 323 g/mol. The van der Waals surface area contributed by atoms with Crippen molar-refractivity contribution in [2.75, 3.05) is 0 Å². The molecule has 2 aromatic carbocycles. The van der Waals surface area contributed by atoms with Crippen molar-refractivity contribution in [3.8, 4) is 17.6 Å². The van der Waals surface area contributed by atoms with E-state index in [1.54, 1.807) is 18.2 Å². The molecule has 0 spiro atoms. The molecule has 0 heterocycles. The summed E-state index contributed by atoms with van der Waals surface area (Å²) in [5, 5.41) is 8.96. The molecule has 0 unspecified atom stereocenters. The van der Waals surface area contributed by atoms with Crippen LogP contribution < -0.4 is 4.74 Å². The lowest BCUT2D eigenvalue weighted by molar-refractivity contribution is 0.414. The van der Waals surface area contributed by atoms with Gasteiger partial charge in [-0.2, -0.15) is 9.65 Å². The fourth-order valence-electron chi connectivity index (χ4n) is 1.53. The van der Waals surface area contributed by atoms with Gasteiger partial charge in [0.05, 0.1) is 5.56 Å². The van der Waals surface area contributed by atoms with Crippen LogP contribution in [-0.2, 0) is 0 Å². The Labute approximate surface area is 117 Å². The maximum Gasteiger partial charge on any atom is 0.201 e. The second-order valence-electron chi connectivity index (χ2n) is 3.91. The van der Waals surface area contributed by atoms with Gasteiger partial charge < -0.3 is 4.74 Å². The van der Waals surface area contributed by atoms with Gasteiger partial charge in [0.1, 0.15) is 11.8 Å². The standard InChI is InChI=1S/C14H8BrF2NO/c1-8-2-3-9(7-18)12(4-8)19-13-6-10(15)5-11(16)14(13)17/h2-6H,1H3. The predicted molar refractivity (Wildman–Crippen MR) is 70.0 cm³/mol. The molecule has 0 radical (unpaired) electrons. The summed E-state index contributed by atoms with van der Waals surface area (Å²) in [5.41, 5.74) is 1.11. The van der Waals surface area contributed by atoms with E-state index in [0.29, 0.717) is 4.47 Å². The number of hydrogen-bond donors (Lipinski definition) is 0. The van der Waals surface area contributed by atoms with Gasteiger partial charge in [0.25, 0.3) is 0 Å². The van der Waals surface area contributed by atoms with E-state index in [4.69, 9.17) is 10.00 Å². The maximum atomic E-state index is 13.6. The third-order valence-corrected chi connectivity index (χ3v) is 2.89. The van der Waals surface area contributed by atoms with Crippen molar-refractivity contribution in [3.05, 3.63) is 57.6 Å². The van der Waals surface area contributed by atoms with Gasteiger partial charge in [-0.3, -0.25) is 0 Å². The molecule has 0 saturated heterocycles. The quantitative estimate of drug-likeness (QED) is 0.750. The number of nitrogens with zero attached hydrogens (tertiary/aromatic N) is 1. The summed E-state index contributed by atoms with van der Waals surface area (Å²) >= 11 is 3.06. The lowest BCUT2D eigenvalue weighted by atomic mass is 10.1. The second kappa shape index (κ2) is 5.37. The van der Waals surface area contributed by atoms with E-state index in [1.165, 1.54) is 6.07 Å². The molecule has 0 amide bonds. The number of benzene rings is 2. The summed E-state index contributed by atoms with van der Waals surface area (Å²) in [6, 6.07) is 9.15. The lowest BCUT2D eigenvalue weighted by Gasteiger charge is -2.10. The number of aryl methyl sites for hydroxylation is 1. The molecule has 19 heavy (non-hydrogen) atoms. The molecular formula is C14H8BrF2NO. The summed E-state index contributed by atoms with van der Waals surface area (Å²) in [5.74, 6) is -2.18. The molecule has 0 N–H and O–H groups in total. The molecular weight excluding hydrogens is 316 g/mol. The fourth-order valence-corrected chi connectivity index (χ4v) is 1.94. The zero-order chi connectivity index (χ0) is 14.0. The average Bonchev–Trinajstić information content (AvgIpc) is 2.35. The highest BCUT2D eigenvalue weighted by atomic mass is 79.9. The van der Waals surface area contributed by atoms with Crippen LogP contribution in [0.3, 0.4) is 0 Å². The van der Waals surface area contributed by atoms with E-state index in [9.17, 15) is 8.78 Å². The normalized spacial score (nSPS) is 10.1. The van der Waals surface area contributed by atoms with E-state index >= 15 is 0 Å². The average molecular weight is 324 g/mol. The van der Waals surface area contributed by atoms with Gasteiger partial charge in [0.15, 0.2) is 11.6 Å². The number of hydrogen-bond acceptors (Lipinski definition) is 2. The number of rotatable bonds is 2. The van der Waals surface area contributed by atoms with E-state index in [-0.39, 0.29) is 17.1 Å². The molecule has 0 aromatic heterocycles. The first-order valence-corrected chi connectivity index (χ1v) is 6.13. The minimum atomic E-state index is -1.09. The number of ether oxygens (including phenoxy) is 1. The van der Waals surface area contributed by atoms with Gasteiger partial charge in [0, 0.05) is 4.47 Å². The Kier molecular flexibility index (Phi) is 3.82. The Bertz CT molecular complexity index is 680. The Hall–Kier alpha value is -1.93. The van der Waals surface area contributed by atoms with Crippen molar-refractivity contribution < 1.29 is 13.5 Å². The number of halogens is 3. The van der Waals surface area contributed by atoms with Crippen LogP contribution in [0.2, 0.25) is 0 Å². The topological polar surface area (TPSA) is 33.0 Å². The minimum Gasteiger partial charge on any atom is -0.453 e. The summed E-state index contributed by atoms with van der Waals surface area (Å²) < 4.78 is 32.5. The van der Waals surface area contributed by atoms with Crippen LogP contribution in [0.25, 0.3) is 0 Å². The van der Waals surface area contributed by atoms with Gasteiger partial charge in [-0.1, -0.05) is 22.0 Å². The summed E-state index contributed by atoms with van der Waals surface area (Å²) in [6.07, 6.45) is 0. The zero-order valence-corrected chi connectivity index (χ0v) is 11.5. The van der Waals surface area contributed by atoms with Crippen molar-refractivity contribution in [1.82, 2.24) is 0 Å². The molecule has 0 aliphatic carbocycles. The van der Waals surface area contributed by atoms with E-state index in [1.807, 2.05) is 13.0 Å². The molecule has 5 heteroatoms. The zero-order valence-electron chi connectivity index (χ0n) is 9.88. The SMILES string of the molecule is Cc1ccc(C#N)c(Oc2cc(Br)cc(F)c2F)c1. The predicted octanol–water partition coefficient (Wildman–Crippen LogP) is 4.70. The summed E-state index contributed by atoms with van der Waals surface area (Å²) in [7, 11) is 0. The van der Waals surface area contributed by atoms with E-state index < -0.39 is 11.6 Å². The van der Waals surface area contributed by atoms with Crippen LogP contribution >= 0.6 is 15.9 Å². The van der Waals surface area contributed by atoms with Gasteiger partial charge in [0.2, 0.25) is 5.82 Å². The first-order valence-electron chi connectivity index (χ1n) is 5.34. The molecule has 0 bridgehead atoms. The van der Waals surface area contributed by atoms with E-state index in [0.717, 1.165) is 11.6 Å². The highest BCUT2D eigenvalue weighted by Gasteiger charge is 2.14. The Balaban J connectivity index is 2.47. The van der Waals surface area contributed by atoms with Crippen LogP contribution in [0.4, 0.5) is 8.78 Å². The third-order valence-electron chi connectivity index (χ3n) is 2.44. The van der Waals surface area contributed by atoms with Crippen molar-refractivity contribution in [1.29, 1.82) is 5.26 Å². The van der Waals surface area contributed by atoms with Gasteiger partial charge in [-0.25, -0.2) is 4.39 Å². The smallest absolute Gasteiger partial charge is 0.201 e. The Morgan fingerprint density at radius 1 is 1.16 bits per heavy atom. The lowest BCUT2D eigenvalue weighted by Crippen LogP contribution is -1.94. The first-order chi connectivity index (χ1) is 9.01. The number of nitriles is 1. The summed E-state index contributed by atoms with van der Waals surface area (Å²) in [4.78, 5) is 0. The van der Waals surface area contributed by atoms with Crippen molar-refractivity contribution >= 4 is 15.9 Å². The van der Waals surface area contributed by atoms with Crippen LogP contribution in [0.1, 0.15) is 11.1 Å². The molecule has 0 aliphatic heterocycles. The molecule has 0 saturated carbocycles. The molecule has 0 aliphatic rings. The van der Waals surface area contributed by atoms with Gasteiger partial charge >= 0.3 is 0 Å². The van der Waals surface area contributed by atoms with Crippen molar-refractivity contribution in [2.45, 2.75) is 6.92 Å². The summed E-state index contributed by atoms with van der Waals surface area (Å²) in [6.45, 7) is 1.81. The fraction of sp³-hybridized carbons (Fsp3) is 0.0714. The third kappa shape index (κ3) is 2.91. The van der Waals surface area contributed by atoms with Crippen LogP contribution in [0.15, 0.2) is 34.8 Å². The van der Waals surface area contributed by atoms with E-state index in [2.05, 4.69) is 15.9 Å². The molecule has 2 nitrogen and oxygen atoms in total. The molecule has 2 rings (SSSR count). The highest BCUT2D eigenvalue weighted by molar-refractivity contribution is 9.10. The van der Waals surface area contributed by atoms with Crippen molar-refractivity contribution in [2.24, 2.45) is 0 Å². The van der Waals surface area contributed by atoms with Crippen LogP contribution in [0, 0.1) is 29.9 Å². The first kappa shape index (κ1) is 13.5. The molecule has 96 valence electrons. The largest absolute Gasteiger partial charge is 0.453 e. The van der Waals surface area contributed by atoms with Crippen LogP contribution in [-0.4, -0.2) is 0 Å². The Morgan fingerprint density at radius 3 is 2.58 bits per heavy atom. The highest BCUT2D eigenvalue weighted by Crippen LogP contribution is 2.31. The van der Waals surface area contributed by atoms with Crippen molar-refractivity contribution in [3.63, 3.8) is 0 Å². The Morgan fingerprint density at radius 2 is 1.89 bits per heavy atom. The van der Waals surface area contributed by atoms with Gasteiger partial charge in [-0.15, -0.1) is 0 Å². The molecule has 2 aromatic rings. The minimum absolute atomic E-state index is 0.193.